The number of hydrogen-bond acceptors (Lipinski definition) is 4. The van der Waals surface area contributed by atoms with E-state index in [0.717, 1.165) is 0 Å². The second kappa shape index (κ2) is 4.50. The van der Waals surface area contributed by atoms with E-state index in [0.29, 0.717) is 12.3 Å². The van der Waals surface area contributed by atoms with Crippen molar-refractivity contribution in [2.45, 2.75) is 0 Å². The van der Waals surface area contributed by atoms with Gasteiger partial charge in [0.25, 0.3) is 0 Å². The summed E-state index contributed by atoms with van der Waals surface area (Å²) in [5.41, 5.74) is 0.353. The van der Waals surface area contributed by atoms with E-state index < -0.39 is 5.97 Å². The first-order valence-corrected chi connectivity index (χ1v) is 3.50. The zero-order chi connectivity index (χ0) is 8.81. The van der Waals surface area contributed by atoms with Gasteiger partial charge in [-0.25, -0.2) is 4.79 Å². The maximum Gasteiger partial charge on any atom is 0.356 e. The third-order valence-electron chi connectivity index (χ3n) is 1.24. The Bertz CT molecular complexity index is 233. The first-order valence-electron chi connectivity index (χ1n) is 3.50. The molecule has 0 saturated heterocycles. The maximum absolute atomic E-state index is 11.0. The summed E-state index contributed by atoms with van der Waals surface area (Å²) in [6.07, 6.45) is 1.49. The van der Waals surface area contributed by atoms with Crippen LogP contribution in [0.5, 0.6) is 0 Å². The van der Waals surface area contributed by atoms with Gasteiger partial charge in [-0.2, -0.15) is 5.10 Å². The number of H-pyrrole nitrogens is 1. The van der Waals surface area contributed by atoms with Crippen LogP contribution in [0, 0.1) is 0 Å². The molecular weight excluding hydrogens is 160 g/mol. The lowest BCUT2D eigenvalue weighted by Crippen LogP contribution is -2.10. The summed E-state index contributed by atoms with van der Waals surface area (Å²) in [5, 5.41) is 6.11. The van der Waals surface area contributed by atoms with Crippen molar-refractivity contribution in [3.05, 3.63) is 18.0 Å². The Balaban J connectivity index is 2.30. The SMILES string of the molecule is COCCOC(=O)c1ccn[nH]1. The van der Waals surface area contributed by atoms with Gasteiger partial charge in [-0.15, -0.1) is 0 Å². The predicted molar refractivity (Wildman–Crippen MR) is 40.7 cm³/mol. The Morgan fingerprint density at radius 3 is 3.08 bits per heavy atom. The molecule has 0 fully saturated rings. The normalized spacial score (nSPS) is 9.75. The van der Waals surface area contributed by atoms with Gasteiger partial charge in [0.15, 0.2) is 0 Å². The summed E-state index contributed by atoms with van der Waals surface area (Å²) in [6, 6.07) is 1.55. The molecule has 66 valence electrons. The number of carbonyl (C=O) groups is 1. The number of nitrogens with zero attached hydrogens (tertiary/aromatic N) is 1. The third kappa shape index (κ3) is 2.35. The predicted octanol–water partition coefficient (Wildman–Crippen LogP) is 0.213. The number of aromatic amines is 1. The Kier molecular flexibility index (Phi) is 3.28. The van der Waals surface area contributed by atoms with Gasteiger partial charge in [0.2, 0.25) is 0 Å². The average molecular weight is 170 g/mol. The first-order chi connectivity index (χ1) is 5.84. The minimum atomic E-state index is -0.412. The highest BCUT2D eigenvalue weighted by Crippen LogP contribution is 1.94. The Hall–Kier alpha value is -1.36. The lowest BCUT2D eigenvalue weighted by atomic mass is 10.4. The third-order valence-corrected chi connectivity index (χ3v) is 1.24. The van der Waals surface area contributed by atoms with Crippen molar-refractivity contribution in [3.8, 4) is 0 Å². The smallest absolute Gasteiger partial charge is 0.356 e. The zero-order valence-electron chi connectivity index (χ0n) is 6.74. The van der Waals surface area contributed by atoms with Crippen LogP contribution in [0.2, 0.25) is 0 Å². The van der Waals surface area contributed by atoms with Crippen molar-refractivity contribution in [2.24, 2.45) is 0 Å². The van der Waals surface area contributed by atoms with Crippen LogP contribution in [-0.2, 0) is 9.47 Å². The molecule has 0 amide bonds. The molecule has 0 aliphatic carbocycles. The van der Waals surface area contributed by atoms with Gasteiger partial charge in [-0.05, 0) is 6.07 Å². The fourth-order valence-electron chi connectivity index (χ4n) is 0.665. The molecule has 1 N–H and O–H groups in total. The number of esters is 1. The molecule has 0 atom stereocenters. The molecule has 12 heavy (non-hydrogen) atoms. The fourth-order valence-corrected chi connectivity index (χ4v) is 0.665. The topological polar surface area (TPSA) is 64.2 Å². The summed E-state index contributed by atoms with van der Waals surface area (Å²) in [5.74, 6) is -0.412. The fraction of sp³-hybridized carbons (Fsp3) is 0.429. The van der Waals surface area contributed by atoms with Crippen molar-refractivity contribution in [2.75, 3.05) is 20.3 Å². The molecule has 0 radical (unpaired) electrons. The van der Waals surface area contributed by atoms with Gasteiger partial charge in [-0.1, -0.05) is 0 Å². The summed E-state index contributed by atoms with van der Waals surface area (Å²) >= 11 is 0. The number of methoxy groups -OCH3 is 1. The van der Waals surface area contributed by atoms with Crippen molar-refractivity contribution >= 4 is 5.97 Å². The summed E-state index contributed by atoms with van der Waals surface area (Å²) in [6.45, 7) is 0.661. The van der Waals surface area contributed by atoms with E-state index in [4.69, 9.17) is 9.47 Å². The summed E-state index contributed by atoms with van der Waals surface area (Å²) < 4.78 is 9.50. The standard InChI is InChI=1S/C7H10N2O3/c1-11-4-5-12-7(10)6-2-3-8-9-6/h2-3H,4-5H2,1H3,(H,8,9). The quantitative estimate of drug-likeness (QED) is 0.518. The van der Waals surface area contributed by atoms with Crippen molar-refractivity contribution in [3.63, 3.8) is 0 Å². The first kappa shape index (κ1) is 8.73. The molecule has 0 aromatic carbocycles. The van der Waals surface area contributed by atoms with E-state index in [9.17, 15) is 4.79 Å². The van der Waals surface area contributed by atoms with Gasteiger partial charge in [0, 0.05) is 13.3 Å². The van der Waals surface area contributed by atoms with Crippen LogP contribution in [0.4, 0.5) is 0 Å². The number of nitrogens with one attached hydrogen (secondary N) is 1. The van der Waals surface area contributed by atoms with Crippen LogP contribution in [0.3, 0.4) is 0 Å². The minimum Gasteiger partial charge on any atom is -0.459 e. The van der Waals surface area contributed by atoms with E-state index in [1.54, 1.807) is 13.2 Å². The molecule has 1 rings (SSSR count). The monoisotopic (exact) mass is 170 g/mol. The van der Waals surface area contributed by atoms with Crippen LogP contribution >= 0.6 is 0 Å². The molecule has 0 bridgehead atoms. The van der Waals surface area contributed by atoms with Gasteiger partial charge >= 0.3 is 5.97 Å². The molecule has 0 spiro atoms. The molecule has 5 nitrogen and oxygen atoms in total. The highest BCUT2D eigenvalue weighted by atomic mass is 16.6. The lowest BCUT2D eigenvalue weighted by molar-refractivity contribution is 0.0381. The second-order valence-corrected chi connectivity index (χ2v) is 2.10. The number of ether oxygens (including phenoxy) is 2. The van der Waals surface area contributed by atoms with E-state index in [1.165, 1.54) is 6.20 Å². The van der Waals surface area contributed by atoms with Crippen LogP contribution in [-0.4, -0.2) is 36.5 Å². The number of carbonyl (C=O) groups excluding carboxylic acids is 1. The van der Waals surface area contributed by atoms with Gasteiger partial charge < -0.3 is 9.47 Å². The summed E-state index contributed by atoms with van der Waals surface area (Å²) in [4.78, 5) is 11.0. The summed E-state index contributed by atoms with van der Waals surface area (Å²) in [7, 11) is 1.55. The average Bonchev–Trinajstić information content (AvgIpc) is 2.56. The minimum absolute atomic E-state index is 0.258. The number of rotatable bonds is 4. The maximum atomic E-state index is 11.0. The molecule has 0 aliphatic rings. The van der Waals surface area contributed by atoms with Crippen LogP contribution in [0.15, 0.2) is 12.3 Å². The molecule has 5 heteroatoms. The number of aromatic nitrogens is 2. The van der Waals surface area contributed by atoms with E-state index in [2.05, 4.69) is 10.2 Å². The molecular formula is C7H10N2O3. The molecule has 1 heterocycles. The molecule has 1 aromatic heterocycles. The van der Waals surface area contributed by atoms with E-state index in [-0.39, 0.29) is 6.61 Å². The van der Waals surface area contributed by atoms with Gasteiger partial charge in [-0.3, -0.25) is 5.10 Å². The van der Waals surface area contributed by atoms with Crippen LogP contribution in [0.1, 0.15) is 10.5 Å². The Morgan fingerprint density at radius 1 is 1.67 bits per heavy atom. The van der Waals surface area contributed by atoms with Gasteiger partial charge in [0.05, 0.1) is 6.61 Å². The molecule has 0 aliphatic heterocycles. The second-order valence-electron chi connectivity index (χ2n) is 2.10. The molecule has 0 saturated carbocycles. The Labute approximate surface area is 69.7 Å². The molecule has 0 unspecified atom stereocenters. The molecule has 1 aromatic rings. The van der Waals surface area contributed by atoms with Gasteiger partial charge in [0.1, 0.15) is 12.3 Å². The highest BCUT2D eigenvalue weighted by Gasteiger charge is 2.06. The largest absolute Gasteiger partial charge is 0.459 e. The highest BCUT2D eigenvalue weighted by molar-refractivity contribution is 5.86. The van der Waals surface area contributed by atoms with Crippen molar-refractivity contribution in [1.29, 1.82) is 0 Å². The van der Waals surface area contributed by atoms with Crippen LogP contribution in [0.25, 0.3) is 0 Å². The lowest BCUT2D eigenvalue weighted by Gasteiger charge is -2.00. The van der Waals surface area contributed by atoms with Crippen molar-refractivity contribution < 1.29 is 14.3 Å². The van der Waals surface area contributed by atoms with E-state index >= 15 is 0 Å². The van der Waals surface area contributed by atoms with Crippen molar-refractivity contribution in [1.82, 2.24) is 10.2 Å². The van der Waals surface area contributed by atoms with Crippen LogP contribution < -0.4 is 0 Å². The van der Waals surface area contributed by atoms with E-state index in [1.807, 2.05) is 0 Å². The number of hydrogen-bond donors (Lipinski definition) is 1. The zero-order valence-corrected chi connectivity index (χ0v) is 6.74. The Morgan fingerprint density at radius 2 is 2.50 bits per heavy atom.